The fourth-order valence-corrected chi connectivity index (χ4v) is 8.67. The highest BCUT2D eigenvalue weighted by Crippen LogP contribution is 2.36. The van der Waals surface area contributed by atoms with Gasteiger partial charge in [0, 0.05) is 18.0 Å². The molecule has 4 nitrogen and oxygen atoms in total. The topological polar surface area (TPSA) is 61.1 Å². The van der Waals surface area contributed by atoms with Gasteiger partial charge in [-0.2, -0.15) is 5.10 Å². The van der Waals surface area contributed by atoms with Crippen molar-refractivity contribution in [3.05, 3.63) is 230 Å². The van der Waals surface area contributed by atoms with Crippen LogP contribution in [0.4, 0.5) is 5.69 Å². The van der Waals surface area contributed by atoms with Crippen molar-refractivity contribution in [3.63, 3.8) is 0 Å². The molecule has 1 aliphatic carbocycles. The second kappa shape index (κ2) is 15.2. The summed E-state index contributed by atoms with van der Waals surface area (Å²) in [6.45, 7) is 0. The van der Waals surface area contributed by atoms with E-state index in [1.165, 1.54) is 49.2 Å². The van der Waals surface area contributed by atoms with E-state index in [-0.39, 0.29) is 0 Å². The zero-order valence-corrected chi connectivity index (χ0v) is 33.2. The number of anilines is 1. The minimum absolute atomic E-state index is 0.355. The summed E-state index contributed by atoms with van der Waals surface area (Å²) in [4.78, 5) is 4.18. The molecule has 0 saturated heterocycles. The maximum absolute atomic E-state index is 9.57. The van der Waals surface area contributed by atoms with Crippen molar-refractivity contribution in [1.82, 2.24) is 4.98 Å². The Morgan fingerprint density at radius 3 is 1.56 bits per heavy atom. The Bertz CT molecular complexity index is 3460. The lowest BCUT2D eigenvalue weighted by molar-refractivity contribution is 1.32. The molecule has 11 rings (SSSR count). The summed E-state index contributed by atoms with van der Waals surface area (Å²) in [7, 11) is 0. The normalized spacial score (nSPS) is 13.5. The smallest absolute Gasteiger partial charge is 0.109 e. The summed E-state index contributed by atoms with van der Waals surface area (Å²) in [5.74, 6) is 0. The third-order valence-electron chi connectivity index (χ3n) is 11.8. The van der Waals surface area contributed by atoms with Crippen LogP contribution in [-0.2, 0) is 0 Å². The van der Waals surface area contributed by atoms with Crippen molar-refractivity contribution in [2.75, 3.05) is 5.43 Å². The number of allylic oxidation sites excluding steroid dienone is 4. The standard InChI is InChI=1S/C57H38N4/c58-57-55(48-25-22-43-32-47(24-21-44(43)33-48)54-17-7-11-39-9-2-4-15-52(39)54)35-49(36-56(57)61-60-50-13-5-12-40(34-50)37-26-28-59-29-27-37)45-19-18-42-31-46(23-20-41(42)30-45)53-16-6-10-38-8-1-3-14-51(38)53/h1-36,58,60H/b58-57?,61-56-. The van der Waals surface area contributed by atoms with Crippen molar-refractivity contribution in [2.24, 2.45) is 5.10 Å². The molecular formula is C57H38N4. The summed E-state index contributed by atoms with van der Waals surface area (Å²) >= 11 is 0. The highest BCUT2D eigenvalue weighted by Gasteiger charge is 2.21. The van der Waals surface area contributed by atoms with Crippen LogP contribution < -0.4 is 5.43 Å². The number of pyridine rings is 1. The first-order chi connectivity index (χ1) is 30.1. The average molecular weight is 779 g/mol. The molecule has 0 atom stereocenters. The van der Waals surface area contributed by atoms with Crippen LogP contribution in [0.2, 0.25) is 0 Å². The van der Waals surface area contributed by atoms with Crippen LogP contribution in [0.25, 0.3) is 87.6 Å². The summed E-state index contributed by atoms with van der Waals surface area (Å²) in [6.07, 6.45) is 7.76. The van der Waals surface area contributed by atoms with Gasteiger partial charge in [-0.05, 0) is 154 Å². The Balaban J connectivity index is 0.975. The largest absolute Gasteiger partial charge is 0.298 e. The van der Waals surface area contributed by atoms with Gasteiger partial charge in [-0.25, -0.2) is 0 Å². The first kappa shape index (κ1) is 35.9. The highest BCUT2D eigenvalue weighted by atomic mass is 15.3. The Morgan fingerprint density at radius 1 is 0.393 bits per heavy atom. The van der Waals surface area contributed by atoms with Gasteiger partial charge in [-0.1, -0.05) is 146 Å². The molecular weight excluding hydrogens is 741 g/mol. The van der Waals surface area contributed by atoms with E-state index in [2.05, 4.69) is 186 Å². The van der Waals surface area contributed by atoms with Crippen molar-refractivity contribution in [2.45, 2.75) is 0 Å². The minimum Gasteiger partial charge on any atom is -0.298 e. The molecule has 0 bridgehead atoms. The molecule has 9 aromatic carbocycles. The maximum Gasteiger partial charge on any atom is 0.109 e. The van der Waals surface area contributed by atoms with E-state index in [0.29, 0.717) is 11.4 Å². The fraction of sp³-hybridized carbons (Fsp3) is 0. The molecule has 0 saturated carbocycles. The van der Waals surface area contributed by atoms with Gasteiger partial charge in [0.05, 0.1) is 11.4 Å². The third-order valence-corrected chi connectivity index (χ3v) is 11.8. The molecule has 1 heterocycles. The number of benzene rings is 9. The molecule has 61 heavy (non-hydrogen) atoms. The zero-order valence-electron chi connectivity index (χ0n) is 33.2. The van der Waals surface area contributed by atoms with Gasteiger partial charge in [0.15, 0.2) is 0 Å². The molecule has 2 N–H and O–H groups in total. The number of hydrazone groups is 1. The number of hydrogen-bond donors (Lipinski definition) is 2. The molecule has 0 unspecified atom stereocenters. The number of nitrogens with one attached hydrogen (secondary N) is 2. The van der Waals surface area contributed by atoms with Crippen molar-refractivity contribution >= 4 is 71.3 Å². The van der Waals surface area contributed by atoms with Crippen LogP contribution in [0.1, 0.15) is 11.1 Å². The van der Waals surface area contributed by atoms with Crippen LogP contribution in [0, 0.1) is 5.41 Å². The SMILES string of the molecule is N=C1C(c2ccc3cc(-c4cccc5ccccc45)ccc3c2)=CC(c2ccc3cc(-c4cccc5ccccc45)ccc3c2)=C/C1=N/Nc1cccc(-c2ccncc2)c1. The van der Waals surface area contributed by atoms with Crippen LogP contribution >= 0.6 is 0 Å². The maximum atomic E-state index is 9.57. The summed E-state index contributed by atoms with van der Waals surface area (Å²) in [6, 6.07) is 68.7. The summed E-state index contributed by atoms with van der Waals surface area (Å²) < 4.78 is 0. The number of aromatic nitrogens is 1. The quantitative estimate of drug-likeness (QED) is 0.125. The molecule has 0 fully saturated rings. The molecule has 0 radical (unpaired) electrons. The van der Waals surface area contributed by atoms with Gasteiger partial charge in [0.2, 0.25) is 0 Å². The average Bonchev–Trinajstić information content (AvgIpc) is 3.33. The molecule has 0 amide bonds. The van der Waals surface area contributed by atoms with E-state index in [4.69, 9.17) is 5.10 Å². The van der Waals surface area contributed by atoms with Gasteiger partial charge in [0.25, 0.3) is 0 Å². The molecule has 0 aliphatic heterocycles. The lowest BCUT2D eigenvalue weighted by Gasteiger charge is -2.19. The first-order valence-corrected chi connectivity index (χ1v) is 20.5. The van der Waals surface area contributed by atoms with Gasteiger partial charge < -0.3 is 0 Å². The molecule has 1 aromatic heterocycles. The Hall–Kier alpha value is -8.21. The zero-order chi connectivity index (χ0) is 40.7. The fourth-order valence-electron chi connectivity index (χ4n) is 8.67. The Labute approximate surface area is 354 Å². The van der Waals surface area contributed by atoms with Crippen LogP contribution in [0.3, 0.4) is 0 Å². The van der Waals surface area contributed by atoms with E-state index in [1.54, 1.807) is 12.4 Å². The number of nitrogens with zero attached hydrogens (tertiary/aromatic N) is 2. The number of hydrogen-bond acceptors (Lipinski definition) is 4. The van der Waals surface area contributed by atoms with E-state index in [1.807, 2.05) is 30.3 Å². The molecule has 4 heteroatoms. The second-order valence-electron chi connectivity index (χ2n) is 15.6. The van der Waals surface area contributed by atoms with E-state index in [0.717, 1.165) is 55.2 Å². The number of rotatable bonds is 7. The second-order valence-corrected chi connectivity index (χ2v) is 15.6. The van der Waals surface area contributed by atoms with Crippen molar-refractivity contribution in [1.29, 1.82) is 5.41 Å². The van der Waals surface area contributed by atoms with Crippen LogP contribution in [0.15, 0.2) is 224 Å². The minimum atomic E-state index is 0.355. The first-order valence-electron chi connectivity index (χ1n) is 20.5. The monoisotopic (exact) mass is 778 g/mol. The lowest BCUT2D eigenvalue weighted by atomic mass is 9.86. The van der Waals surface area contributed by atoms with E-state index < -0.39 is 0 Å². The predicted molar refractivity (Wildman–Crippen MR) is 258 cm³/mol. The van der Waals surface area contributed by atoms with Crippen LogP contribution in [-0.4, -0.2) is 16.4 Å². The van der Waals surface area contributed by atoms with Gasteiger partial charge >= 0.3 is 0 Å². The van der Waals surface area contributed by atoms with Gasteiger partial charge in [-0.15, -0.1) is 0 Å². The van der Waals surface area contributed by atoms with Crippen molar-refractivity contribution in [3.8, 4) is 33.4 Å². The predicted octanol–water partition coefficient (Wildman–Crippen LogP) is 14.7. The van der Waals surface area contributed by atoms with E-state index in [9.17, 15) is 5.41 Å². The third kappa shape index (κ3) is 6.86. The van der Waals surface area contributed by atoms with E-state index >= 15 is 0 Å². The summed E-state index contributed by atoms with van der Waals surface area (Å²) in [5.41, 5.74) is 15.8. The van der Waals surface area contributed by atoms with Crippen molar-refractivity contribution < 1.29 is 0 Å². The van der Waals surface area contributed by atoms with Gasteiger partial charge in [0.1, 0.15) is 5.71 Å². The van der Waals surface area contributed by atoms with Gasteiger partial charge in [-0.3, -0.25) is 15.8 Å². The Kier molecular flexibility index (Phi) is 8.94. The Morgan fingerprint density at radius 2 is 0.918 bits per heavy atom. The lowest BCUT2D eigenvalue weighted by Crippen LogP contribution is -2.18. The van der Waals surface area contributed by atoms with Crippen LogP contribution in [0.5, 0.6) is 0 Å². The summed E-state index contributed by atoms with van der Waals surface area (Å²) in [5, 5.41) is 24.0. The molecule has 286 valence electrons. The molecule has 0 spiro atoms. The number of fused-ring (bicyclic) bond motifs is 4. The highest BCUT2D eigenvalue weighted by molar-refractivity contribution is 6.62. The molecule has 10 aromatic rings. The molecule has 1 aliphatic rings.